The summed E-state index contributed by atoms with van der Waals surface area (Å²) in [6.45, 7) is 0.603. The van der Waals surface area contributed by atoms with Crippen LogP contribution in [0.2, 0.25) is 0 Å². The van der Waals surface area contributed by atoms with Crippen LogP contribution in [0.3, 0.4) is 0 Å². The Bertz CT molecular complexity index is 1400. The second-order valence-corrected chi connectivity index (χ2v) is 13.7. The molecule has 42 heavy (non-hydrogen) atoms. The van der Waals surface area contributed by atoms with Crippen LogP contribution in [0.25, 0.3) is 6.08 Å². The van der Waals surface area contributed by atoms with Crippen LogP contribution in [-0.4, -0.2) is 50.2 Å². The van der Waals surface area contributed by atoms with E-state index in [1.807, 2.05) is 4.72 Å². The van der Waals surface area contributed by atoms with Crippen LogP contribution in [0.15, 0.2) is 35.0 Å². The van der Waals surface area contributed by atoms with E-state index in [0.29, 0.717) is 30.0 Å². The lowest BCUT2D eigenvalue weighted by atomic mass is 9.75. The number of nitrogens with one attached hydrogen (secondary N) is 2. The van der Waals surface area contributed by atoms with Gasteiger partial charge in [0.25, 0.3) is 11.8 Å². The van der Waals surface area contributed by atoms with E-state index in [9.17, 15) is 22.4 Å². The molecule has 5 rings (SSSR count). The maximum Gasteiger partial charge on any atom is 0.273 e. The van der Waals surface area contributed by atoms with Gasteiger partial charge in [0.1, 0.15) is 12.1 Å². The van der Waals surface area contributed by atoms with Crippen LogP contribution in [0, 0.1) is 17.7 Å². The van der Waals surface area contributed by atoms with Crippen molar-refractivity contribution in [2.24, 2.45) is 11.8 Å². The first-order valence-corrected chi connectivity index (χ1v) is 16.9. The van der Waals surface area contributed by atoms with Crippen LogP contribution in [0.4, 0.5) is 4.39 Å². The van der Waals surface area contributed by atoms with Crippen LogP contribution in [0.5, 0.6) is 0 Å². The van der Waals surface area contributed by atoms with E-state index in [1.54, 1.807) is 6.07 Å². The molecule has 2 bridgehead atoms. The molecule has 2 amide bonds. The molecule has 1 aliphatic carbocycles. The average molecular weight is 602 g/mol. The summed E-state index contributed by atoms with van der Waals surface area (Å²) in [4.78, 5) is 29.3. The second kappa shape index (κ2) is 13.5. The Morgan fingerprint density at radius 2 is 1.88 bits per heavy atom. The van der Waals surface area contributed by atoms with Gasteiger partial charge in [0.15, 0.2) is 5.69 Å². The third kappa shape index (κ3) is 7.86. The highest BCUT2D eigenvalue weighted by Gasteiger charge is 2.51. The summed E-state index contributed by atoms with van der Waals surface area (Å²) in [5.41, 5.74) is 1.49. The number of carbonyl (C=O) groups is 2. The fourth-order valence-electron chi connectivity index (χ4n) is 6.80. The zero-order valence-electron chi connectivity index (χ0n) is 24.0. The molecule has 1 aromatic carbocycles. The van der Waals surface area contributed by atoms with Crippen molar-refractivity contribution >= 4 is 27.9 Å². The van der Waals surface area contributed by atoms with Crippen molar-refractivity contribution in [1.82, 2.24) is 15.0 Å². The van der Waals surface area contributed by atoms with Gasteiger partial charge in [-0.25, -0.2) is 22.5 Å². The van der Waals surface area contributed by atoms with E-state index in [4.69, 9.17) is 9.15 Å². The zero-order valence-corrected chi connectivity index (χ0v) is 24.8. The summed E-state index contributed by atoms with van der Waals surface area (Å²) in [7, 11) is -3.70. The van der Waals surface area contributed by atoms with E-state index in [1.165, 1.54) is 63.0 Å². The van der Waals surface area contributed by atoms with Crippen molar-refractivity contribution < 1.29 is 31.6 Å². The fourth-order valence-corrected chi connectivity index (χ4v) is 7.23. The Kier molecular flexibility index (Phi) is 9.77. The fraction of sp³-hybridized carbons (Fsp3) is 0.581. The Morgan fingerprint density at radius 1 is 1.10 bits per heavy atom. The van der Waals surface area contributed by atoms with Crippen molar-refractivity contribution in [1.29, 1.82) is 0 Å². The molecule has 3 fully saturated rings. The van der Waals surface area contributed by atoms with Crippen LogP contribution in [0.1, 0.15) is 97.6 Å². The highest BCUT2D eigenvalue weighted by atomic mass is 32.2. The van der Waals surface area contributed by atoms with Gasteiger partial charge in [0, 0.05) is 18.5 Å². The van der Waals surface area contributed by atoms with Gasteiger partial charge in [-0.1, -0.05) is 51.0 Å². The minimum Gasteiger partial charge on any atom is -0.448 e. The predicted octanol–water partition coefficient (Wildman–Crippen LogP) is 4.89. The highest BCUT2D eigenvalue weighted by Crippen LogP contribution is 2.50. The number of halogens is 1. The van der Waals surface area contributed by atoms with Crippen molar-refractivity contribution in [2.75, 3.05) is 12.8 Å². The topological polar surface area (TPSA) is 128 Å². The lowest BCUT2D eigenvalue weighted by Crippen LogP contribution is -2.28. The molecule has 2 N–H and O–H groups in total. The highest BCUT2D eigenvalue weighted by molar-refractivity contribution is 7.89. The molecule has 1 saturated carbocycles. The minimum atomic E-state index is -3.70. The molecule has 228 valence electrons. The normalized spacial score (nSPS) is 24.3. The molecule has 9 nitrogen and oxygen atoms in total. The smallest absolute Gasteiger partial charge is 0.273 e. The number of oxazole rings is 1. The number of rotatable bonds is 12. The van der Waals surface area contributed by atoms with Crippen molar-refractivity contribution in [2.45, 2.75) is 88.8 Å². The number of nitrogens with zero attached hydrogens (tertiary/aromatic N) is 1. The number of carbonyl (C=O) groups excluding carboxylic acids is 2. The van der Waals surface area contributed by atoms with Gasteiger partial charge in [-0.05, 0) is 60.9 Å². The Labute approximate surface area is 246 Å². The SMILES string of the molecule is CS(=O)(=O)NC(=O)/C=C/c1ccc(F)cc1C[C@@H]1C(c2nc(C(=O)NCCCCC3CCCCC3)co2)C2CC[C@H]1O2. The van der Waals surface area contributed by atoms with E-state index < -0.39 is 21.7 Å². The third-order valence-electron chi connectivity index (χ3n) is 8.77. The van der Waals surface area contributed by atoms with Crippen LogP contribution < -0.4 is 10.0 Å². The molecular formula is C31H40FN3O6S. The van der Waals surface area contributed by atoms with E-state index in [-0.39, 0.29) is 35.6 Å². The quantitative estimate of drug-likeness (QED) is 0.262. The lowest BCUT2D eigenvalue weighted by molar-refractivity contribution is -0.114. The van der Waals surface area contributed by atoms with E-state index in [0.717, 1.165) is 43.9 Å². The minimum absolute atomic E-state index is 0.0676. The number of amides is 2. The van der Waals surface area contributed by atoms with E-state index in [2.05, 4.69) is 10.3 Å². The van der Waals surface area contributed by atoms with Gasteiger partial charge in [-0.3, -0.25) is 9.59 Å². The number of sulfonamides is 1. The van der Waals surface area contributed by atoms with Gasteiger partial charge in [0.2, 0.25) is 15.9 Å². The molecule has 2 saturated heterocycles. The molecule has 2 unspecified atom stereocenters. The Morgan fingerprint density at radius 3 is 2.67 bits per heavy atom. The molecule has 2 aromatic rings. The monoisotopic (exact) mass is 601 g/mol. The number of ether oxygens (including phenoxy) is 1. The number of fused-ring (bicyclic) bond motifs is 2. The molecule has 0 spiro atoms. The first-order chi connectivity index (χ1) is 20.2. The summed E-state index contributed by atoms with van der Waals surface area (Å²) < 4.78 is 50.9. The largest absolute Gasteiger partial charge is 0.448 e. The molecule has 11 heteroatoms. The summed E-state index contributed by atoms with van der Waals surface area (Å²) in [5.74, 6) is -0.459. The Balaban J connectivity index is 1.21. The van der Waals surface area contributed by atoms with E-state index >= 15 is 0 Å². The van der Waals surface area contributed by atoms with Crippen LogP contribution >= 0.6 is 0 Å². The molecule has 3 aliphatic rings. The summed E-state index contributed by atoms with van der Waals surface area (Å²) in [5, 5.41) is 2.96. The molecule has 1 aromatic heterocycles. The summed E-state index contributed by atoms with van der Waals surface area (Å²) >= 11 is 0. The number of unbranched alkanes of at least 4 members (excludes halogenated alkanes) is 1. The summed E-state index contributed by atoms with van der Waals surface area (Å²) in [6.07, 6.45) is 16.8. The zero-order chi connectivity index (χ0) is 29.7. The number of benzene rings is 1. The van der Waals surface area contributed by atoms with Crippen LogP contribution in [-0.2, 0) is 26.0 Å². The van der Waals surface area contributed by atoms with Gasteiger partial charge in [-0.2, -0.15) is 0 Å². The molecule has 3 heterocycles. The molecular weight excluding hydrogens is 561 g/mol. The average Bonchev–Trinajstić information content (AvgIpc) is 3.69. The lowest BCUT2D eigenvalue weighted by Gasteiger charge is -2.26. The molecule has 2 aliphatic heterocycles. The first kappa shape index (κ1) is 30.4. The number of hydrogen-bond acceptors (Lipinski definition) is 7. The number of hydrogen-bond donors (Lipinski definition) is 2. The van der Waals surface area contributed by atoms with Gasteiger partial charge in [-0.15, -0.1) is 0 Å². The van der Waals surface area contributed by atoms with Crippen molar-refractivity contribution in [3.05, 3.63) is 59.1 Å². The maximum atomic E-state index is 14.3. The van der Waals surface area contributed by atoms with Gasteiger partial charge >= 0.3 is 0 Å². The Hall–Kier alpha value is -3.05. The molecule has 0 radical (unpaired) electrons. The first-order valence-electron chi connectivity index (χ1n) is 15.0. The van der Waals surface area contributed by atoms with Gasteiger partial charge < -0.3 is 14.5 Å². The van der Waals surface area contributed by atoms with Crippen molar-refractivity contribution in [3.8, 4) is 0 Å². The molecule has 4 atom stereocenters. The third-order valence-corrected chi connectivity index (χ3v) is 9.35. The summed E-state index contributed by atoms with van der Waals surface area (Å²) in [6, 6.07) is 4.27. The van der Waals surface area contributed by atoms with Gasteiger partial charge in [0.05, 0.1) is 24.4 Å². The predicted molar refractivity (Wildman–Crippen MR) is 156 cm³/mol. The maximum absolute atomic E-state index is 14.3. The standard InChI is InChI=1S/C31H40FN3O6S/c1-42(38,39)35-28(36)15-11-21-10-12-23(32)17-22(21)18-24-26-13-14-27(41-26)29(24)31-34-25(19-40-31)30(37)33-16-6-5-9-20-7-3-2-4-8-20/h10-12,15,17,19-20,24,26-27,29H,2-9,13-14,16,18H2,1H3,(H,33,37)(H,35,36)/b15-11+/t24-,26+,27?,29?/m0/s1. The second-order valence-electron chi connectivity index (χ2n) is 11.9. The van der Waals surface area contributed by atoms with Crippen molar-refractivity contribution in [3.63, 3.8) is 0 Å². The number of aromatic nitrogens is 1.